The summed E-state index contributed by atoms with van der Waals surface area (Å²) in [6.07, 6.45) is 2.67. The second-order valence-corrected chi connectivity index (χ2v) is 4.56. The largest absolute Gasteiger partial charge is 0.497 e. The zero-order valence-electron chi connectivity index (χ0n) is 12.8. The molecule has 1 N–H and O–H groups in total. The van der Waals surface area contributed by atoms with Crippen LogP contribution in [0.5, 0.6) is 11.5 Å². The highest BCUT2D eigenvalue weighted by molar-refractivity contribution is 5.70. The molecule has 1 atom stereocenters. The van der Waals surface area contributed by atoms with Crippen molar-refractivity contribution < 1.29 is 19.0 Å². The predicted octanol–water partition coefficient (Wildman–Crippen LogP) is 1.95. The molecule has 0 spiro atoms. The predicted molar refractivity (Wildman–Crippen MR) is 81.9 cm³/mol. The number of carbonyl (C=O) groups is 1. The second-order valence-electron chi connectivity index (χ2n) is 4.56. The number of nitrogens with one attached hydrogen (secondary N) is 1. The standard InChI is InChI=1S/C16H23NO4/c1-5-8-17-13(11-16(18)21-4)9-12-10-14(19-2)6-7-15(12)20-3/h5-7,10,13,17H,1,8-9,11H2,2-4H3. The highest BCUT2D eigenvalue weighted by Gasteiger charge is 2.17. The highest BCUT2D eigenvalue weighted by Crippen LogP contribution is 2.25. The van der Waals surface area contributed by atoms with Crippen LogP contribution in [-0.4, -0.2) is 39.9 Å². The van der Waals surface area contributed by atoms with Gasteiger partial charge in [0.1, 0.15) is 11.5 Å². The van der Waals surface area contributed by atoms with Crippen molar-refractivity contribution in [2.24, 2.45) is 0 Å². The molecule has 0 aliphatic heterocycles. The Balaban J connectivity index is 2.89. The van der Waals surface area contributed by atoms with Crippen molar-refractivity contribution >= 4 is 5.97 Å². The van der Waals surface area contributed by atoms with Crippen LogP contribution in [0.3, 0.4) is 0 Å². The Kier molecular flexibility index (Phi) is 7.32. The zero-order chi connectivity index (χ0) is 15.7. The maximum atomic E-state index is 11.5. The summed E-state index contributed by atoms with van der Waals surface area (Å²) in [6.45, 7) is 4.30. The van der Waals surface area contributed by atoms with Gasteiger partial charge in [-0.15, -0.1) is 6.58 Å². The van der Waals surface area contributed by atoms with E-state index in [0.29, 0.717) is 13.0 Å². The minimum atomic E-state index is -0.251. The van der Waals surface area contributed by atoms with E-state index >= 15 is 0 Å². The molecule has 1 aromatic rings. The van der Waals surface area contributed by atoms with E-state index in [-0.39, 0.29) is 18.4 Å². The first-order valence-corrected chi connectivity index (χ1v) is 6.76. The summed E-state index contributed by atoms with van der Waals surface area (Å²) in [5, 5.41) is 3.26. The van der Waals surface area contributed by atoms with Gasteiger partial charge in [0.05, 0.1) is 27.8 Å². The van der Waals surface area contributed by atoms with E-state index in [0.717, 1.165) is 17.1 Å². The third-order valence-corrected chi connectivity index (χ3v) is 3.15. The summed E-state index contributed by atoms with van der Waals surface area (Å²) in [5.74, 6) is 1.27. The van der Waals surface area contributed by atoms with E-state index in [9.17, 15) is 4.79 Å². The number of carbonyl (C=O) groups excluding carboxylic acids is 1. The van der Waals surface area contributed by atoms with Crippen LogP contribution in [-0.2, 0) is 16.0 Å². The average molecular weight is 293 g/mol. The molecule has 116 valence electrons. The van der Waals surface area contributed by atoms with Gasteiger partial charge in [-0.1, -0.05) is 6.08 Å². The molecule has 1 rings (SSSR count). The highest BCUT2D eigenvalue weighted by atomic mass is 16.5. The SMILES string of the molecule is C=CCNC(CC(=O)OC)Cc1cc(OC)ccc1OC. The summed E-state index contributed by atoms with van der Waals surface area (Å²) in [7, 11) is 4.63. The normalized spacial score (nSPS) is 11.6. The number of hydrogen-bond donors (Lipinski definition) is 1. The molecular formula is C16H23NO4. The lowest BCUT2D eigenvalue weighted by Gasteiger charge is -2.19. The summed E-state index contributed by atoms with van der Waals surface area (Å²) in [5.41, 5.74) is 0.974. The minimum absolute atomic E-state index is 0.0588. The molecule has 1 aromatic carbocycles. The smallest absolute Gasteiger partial charge is 0.307 e. The van der Waals surface area contributed by atoms with Gasteiger partial charge in [-0.25, -0.2) is 0 Å². The van der Waals surface area contributed by atoms with Crippen LogP contribution < -0.4 is 14.8 Å². The lowest BCUT2D eigenvalue weighted by atomic mass is 10.0. The fourth-order valence-electron chi connectivity index (χ4n) is 2.06. The van der Waals surface area contributed by atoms with Gasteiger partial charge >= 0.3 is 5.97 Å². The number of benzene rings is 1. The second kappa shape index (κ2) is 9.02. The first-order valence-electron chi connectivity index (χ1n) is 6.76. The van der Waals surface area contributed by atoms with Crippen molar-refractivity contribution in [1.29, 1.82) is 0 Å². The first kappa shape index (κ1) is 17.0. The van der Waals surface area contributed by atoms with Gasteiger partial charge in [0.25, 0.3) is 0 Å². The summed E-state index contributed by atoms with van der Waals surface area (Å²) < 4.78 is 15.3. The van der Waals surface area contributed by atoms with Gasteiger partial charge < -0.3 is 19.5 Å². The minimum Gasteiger partial charge on any atom is -0.497 e. The van der Waals surface area contributed by atoms with Crippen molar-refractivity contribution in [2.45, 2.75) is 18.9 Å². The molecule has 5 nitrogen and oxygen atoms in total. The van der Waals surface area contributed by atoms with Crippen LogP contribution in [0.1, 0.15) is 12.0 Å². The fourth-order valence-corrected chi connectivity index (χ4v) is 2.06. The number of hydrogen-bond acceptors (Lipinski definition) is 5. The molecule has 0 saturated heterocycles. The molecule has 0 amide bonds. The maximum absolute atomic E-state index is 11.5. The Hall–Kier alpha value is -2.01. The molecule has 0 heterocycles. The van der Waals surface area contributed by atoms with Crippen LogP contribution in [0.4, 0.5) is 0 Å². The molecule has 1 unspecified atom stereocenters. The molecule has 0 fully saturated rings. The van der Waals surface area contributed by atoms with E-state index in [1.54, 1.807) is 20.3 Å². The van der Waals surface area contributed by atoms with Crippen molar-refractivity contribution in [2.75, 3.05) is 27.9 Å². The van der Waals surface area contributed by atoms with E-state index < -0.39 is 0 Å². The van der Waals surface area contributed by atoms with Crippen molar-refractivity contribution in [3.63, 3.8) is 0 Å². The Morgan fingerprint density at radius 2 is 2.10 bits per heavy atom. The van der Waals surface area contributed by atoms with Crippen LogP contribution >= 0.6 is 0 Å². The third-order valence-electron chi connectivity index (χ3n) is 3.15. The van der Waals surface area contributed by atoms with Crippen molar-refractivity contribution in [1.82, 2.24) is 5.32 Å². The van der Waals surface area contributed by atoms with Gasteiger partial charge in [0.15, 0.2) is 0 Å². The van der Waals surface area contributed by atoms with E-state index in [4.69, 9.17) is 14.2 Å². The molecule has 21 heavy (non-hydrogen) atoms. The first-order chi connectivity index (χ1) is 10.1. The lowest BCUT2D eigenvalue weighted by Crippen LogP contribution is -2.34. The van der Waals surface area contributed by atoms with Crippen LogP contribution in [0, 0.1) is 0 Å². The zero-order valence-corrected chi connectivity index (χ0v) is 12.8. The van der Waals surface area contributed by atoms with Gasteiger partial charge in [-0.3, -0.25) is 4.79 Å². The van der Waals surface area contributed by atoms with Gasteiger partial charge in [0, 0.05) is 12.6 Å². The molecule has 0 aliphatic rings. The lowest BCUT2D eigenvalue weighted by molar-refractivity contribution is -0.141. The quantitative estimate of drug-likeness (QED) is 0.557. The third kappa shape index (κ3) is 5.47. The average Bonchev–Trinajstić information content (AvgIpc) is 2.52. The molecule has 0 bridgehead atoms. The molecule has 0 aromatic heterocycles. The van der Waals surface area contributed by atoms with E-state index in [1.165, 1.54) is 7.11 Å². The Morgan fingerprint density at radius 3 is 2.67 bits per heavy atom. The molecular weight excluding hydrogens is 270 g/mol. The Bertz CT molecular complexity index is 473. The van der Waals surface area contributed by atoms with E-state index in [2.05, 4.69) is 11.9 Å². The van der Waals surface area contributed by atoms with Crippen LogP contribution in [0.15, 0.2) is 30.9 Å². The summed E-state index contributed by atoms with van der Waals surface area (Å²) >= 11 is 0. The number of methoxy groups -OCH3 is 3. The van der Waals surface area contributed by atoms with Crippen LogP contribution in [0.2, 0.25) is 0 Å². The topological polar surface area (TPSA) is 56.8 Å². The summed E-state index contributed by atoms with van der Waals surface area (Å²) in [6, 6.07) is 5.56. The monoisotopic (exact) mass is 293 g/mol. The molecule has 0 radical (unpaired) electrons. The van der Waals surface area contributed by atoms with Gasteiger partial charge in [-0.2, -0.15) is 0 Å². The van der Waals surface area contributed by atoms with Gasteiger partial charge in [0.2, 0.25) is 0 Å². The van der Waals surface area contributed by atoms with Crippen LogP contribution in [0.25, 0.3) is 0 Å². The summed E-state index contributed by atoms with van der Waals surface area (Å²) in [4.78, 5) is 11.5. The Labute approximate surface area is 125 Å². The molecule has 0 aliphatic carbocycles. The van der Waals surface area contributed by atoms with Crippen molar-refractivity contribution in [3.05, 3.63) is 36.4 Å². The number of esters is 1. The maximum Gasteiger partial charge on any atom is 0.307 e. The molecule has 5 heteroatoms. The Morgan fingerprint density at radius 1 is 1.33 bits per heavy atom. The van der Waals surface area contributed by atoms with E-state index in [1.807, 2.05) is 18.2 Å². The van der Waals surface area contributed by atoms with Crippen molar-refractivity contribution in [3.8, 4) is 11.5 Å². The number of ether oxygens (including phenoxy) is 3. The fraction of sp³-hybridized carbons (Fsp3) is 0.438. The van der Waals surface area contributed by atoms with Gasteiger partial charge in [-0.05, 0) is 30.2 Å². The molecule has 0 saturated carbocycles. The number of rotatable bonds is 9.